The zero-order valence-corrected chi connectivity index (χ0v) is 11.2. The smallest absolute Gasteiger partial charge is 0.222 e. The summed E-state index contributed by atoms with van der Waals surface area (Å²) in [5, 5.41) is 0.643. The van der Waals surface area contributed by atoms with Crippen molar-refractivity contribution < 1.29 is 4.79 Å². The fourth-order valence-corrected chi connectivity index (χ4v) is 2.53. The van der Waals surface area contributed by atoms with Crippen LogP contribution in [0, 0.1) is 0 Å². The number of benzene rings is 1. The molecule has 18 heavy (non-hydrogen) atoms. The first-order valence-corrected chi connectivity index (χ1v) is 6.86. The average Bonchev–Trinajstić information content (AvgIpc) is 2.31. The first kappa shape index (κ1) is 13.2. The highest BCUT2D eigenvalue weighted by molar-refractivity contribution is 6.31. The third-order valence-electron chi connectivity index (χ3n) is 3.36. The summed E-state index contributed by atoms with van der Waals surface area (Å²) in [7, 11) is 0. The second-order valence-electron chi connectivity index (χ2n) is 4.83. The summed E-state index contributed by atoms with van der Waals surface area (Å²) in [6, 6.07) is 5.48. The van der Waals surface area contributed by atoms with Crippen molar-refractivity contribution >= 4 is 23.2 Å². The van der Waals surface area contributed by atoms with E-state index in [1.807, 2.05) is 17.0 Å². The molecule has 1 amide bonds. The van der Waals surface area contributed by atoms with Gasteiger partial charge in [0.2, 0.25) is 5.91 Å². The number of nitrogen functional groups attached to an aromatic ring is 1. The normalized spacial score (nSPS) is 17.4. The molecule has 2 N–H and O–H groups in total. The molecule has 0 aromatic heterocycles. The number of carbonyl (C=O) groups is 1. The molecule has 0 aliphatic carbocycles. The van der Waals surface area contributed by atoms with Gasteiger partial charge in [-0.1, -0.05) is 30.5 Å². The molecule has 1 aliphatic rings. The quantitative estimate of drug-likeness (QED) is 0.836. The fraction of sp³-hybridized carbons (Fsp3) is 0.500. The average molecular weight is 267 g/mol. The molecule has 1 aromatic carbocycles. The van der Waals surface area contributed by atoms with Crippen LogP contribution in [0.3, 0.4) is 0 Å². The van der Waals surface area contributed by atoms with Crippen LogP contribution in [0.5, 0.6) is 0 Å². The fourth-order valence-electron chi connectivity index (χ4n) is 2.28. The van der Waals surface area contributed by atoms with Gasteiger partial charge >= 0.3 is 0 Å². The highest BCUT2D eigenvalue weighted by Gasteiger charge is 2.16. The molecule has 2 rings (SSSR count). The Labute approximate surface area is 113 Å². The van der Waals surface area contributed by atoms with Crippen molar-refractivity contribution in [1.29, 1.82) is 0 Å². The first-order chi connectivity index (χ1) is 8.66. The van der Waals surface area contributed by atoms with Crippen molar-refractivity contribution in [3.05, 3.63) is 28.8 Å². The van der Waals surface area contributed by atoms with Crippen LogP contribution in [0.4, 0.5) is 5.69 Å². The third-order valence-corrected chi connectivity index (χ3v) is 3.71. The molecule has 0 radical (unpaired) electrons. The van der Waals surface area contributed by atoms with Crippen LogP contribution < -0.4 is 5.73 Å². The molecule has 1 saturated heterocycles. The minimum absolute atomic E-state index is 0.239. The first-order valence-electron chi connectivity index (χ1n) is 6.48. The molecule has 0 unspecified atom stereocenters. The molecule has 3 nitrogen and oxygen atoms in total. The molecule has 0 spiro atoms. The minimum atomic E-state index is 0.239. The van der Waals surface area contributed by atoms with Crippen molar-refractivity contribution in [3.8, 4) is 0 Å². The molecule has 1 aromatic rings. The van der Waals surface area contributed by atoms with Gasteiger partial charge in [0, 0.05) is 30.2 Å². The maximum Gasteiger partial charge on any atom is 0.222 e. The van der Waals surface area contributed by atoms with Gasteiger partial charge in [-0.3, -0.25) is 4.79 Å². The molecule has 1 aliphatic heterocycles. The topological polar surface area (TPSA) is 46.3 Å². The maximum atomic E-state index is 12.0. The Bertz CT molecular complexity index is 434. The Morgan fingerprint density at radius 1 is 1.22 bits per heavy atom. The van der Waals surface area contributed by atoms with Crippen LogP contribution >= 0.6 is 11.6 Å². The van der Waals surface area contributed by atoms with Crippen molar-refractivity contribution in [3.63, 3.8) is 0 Å². The van der Waals surface area contributed by atoms with Crippen LogP contribution in [-0.4, -0.2) is 17.4 Å². The van der Waals surface area contributed by atoms with Crippen LogP contribution in [0.15, 0.2) is 18.2 Å². The Kier molecular flexibility index (Phi) is 4.48. The Morgan fingerprint density at radius 3 is 2.78 bits per heavy atom. The second-order valence-corrected chi connectivity index (χ2v) is 5.24. The lowest BCUT2D eigenvalue weighted by atomic mass is 10.1. The van der Waals surface area contributed by atoms with E-state index >= 15 is 0 Å². The van der Waals surface area contributed by atoms with E-state index in [2.05, 4.69) is 0 Å². The van der Waals surface area contributed by atoms with Crippen molar-refractivity contribution in [2.45, 2.75) is 38.6 Å². The molecule has 4 heteroatoms. The lowest BCUT2D eigenvalue weighted by molar-refractivity contribution is -0.132. The highest BCUT2D eigenvalue weighted by atomic mass is 35.5. The van der Waals surface area contributed by atoms with E-state index in [9.17, 15) is 4.79 Å². The molecule has 1 heterocycles. The van der Waals surface area contributed by atoms with Gasteiger partial charge in [0.05, 0.1) is 0 Å². The zero-order valence-electron chi connectivity index (χ0n) is 10.5. The summed E-state index contributed by atoms with van der Waals surface area (Å²) in [5.41, 5.74) is 7.30. The minimum Gasteiger partial charge on any atom is -0.399 e. The molecule has 0 saturated carbocycles. The third kappa shape index (κ3) is 3.39. The largest absolute Gasteiger partial charge is 0.399 e. The zero-order chi connectivity index (χ0) is 13.0. The SMILES string of the molecule is Nc1ccc(CN2CCCCCCC2=O)c(Cl)c1. The number of hydrogen-bond donors (Lipinski definition) is 1. The van der Waals surface area contributed by atoms with Gasteiger partial charge in [0.25, 0.3) is 0 Å². The number of rotatable bonds is 2. The predicted molar refractivity (Wildman–Crippen MR) is 74.4 cm³/mol. The van der Waals surface area contributed by atoms with Gasteiger partial charge in [0.1, 0.15) is 0 Å². The monoisotopic (exact) mass is 266 g/mol. The van der Waals surface area contributed by atoms with Gasteiger partial charge in [-0.2, -0.15) is 0 Å². The van der Waals surface area contributed by atoms with Crippen molar-refractivity contribution in [2.75, 3.05) is 12.3 Å². The summed E-state index contributed by atoms with van der Waals surface area (Å²) in [5.74, 6) is 0.239. The number of amides is 1. The molecule has 1 fully saturated rings. The Hall–Kier alpha value is -1.22. The molecular weight excluding hydrogens is 248 g/mol. The van der Waals surface area contributed by atoms with Gasteiger partial charge in [0.15, 0.2) is 0 Å². The lowest BCUT2D eigenvalue weighted by Gasteiger charge is -2.25. The number of carbonyl (C=O) groups excluding carboxylic acids is 1. The van der Waals surface area contributed by atoms with Gasteiger partial charge < -0.3 is 10.6 Å². The summed E-state index contributed by atoms with van der Waals surface area (Å²) in [6.07, 6.45) is 5.12. The van der Waals surface area contributed by atoms with E-state index in [1.54, 1.807) is 6.07 Å². The molecule has 98 valence electrons. The lowest BCUT2D eigenvalue weighted by Crippen LogP contribution is -2.32. The molecular formula is C14H19ClN2O. The summed E-state index contributed by atoms with van der Waals surface area (Å²) >= 11 is 6.15. The number of likely N-dealkylation sites (tertiary alicyclic amines) is 1. The number of hydrogen-bond acceptors (Lipinski definition) is 2. The Balaban J connectivity index is 2.08. The van der Waals surface area contributed by atoms with Gasteiger partial charge in [-0.15, -0.1) is 0 Å². The summed E-state index contributed by atoms with van der Waals surface area (Å²) < 4.78 is 0. The summed E-state index contributed by atoms with van der Waals surface area (Å²) in [6.45, 7) is 1.43. The van der Waals surface area contributed by atoms with E-state index < -0.39 is 0 Å². The summed E-state index contributed by atoms with van der Waals surface area (Å²) in [4.78, 5) is 13.9. The van der Waals surface area contributed by atoms with Crippen LogP contribution in [-0.2, 0) is 11.3 Å². The van der Waals surface area contributed by atoms with Crippen molar-refractivity contribution in [2.24, 2.45) is 0 Å². The van der Waals surface area contributed by atoms with E-state index in [4.69, 9.17) is 17.3 Å². The highest BCUT2D eigenvalue weighted by Crippen LogP contribution is 2.22. The maximum absolute atomic E-state index is 12.0. The van der Waals surface area contributed by atoms with Gasteiger partial charge in [-0.05, 0) is 30.5 Å². The van der Waals surface area contributed by atoms with Gasteiger partial charge in [-0.25, -0.2) is 0 Å². The van der Waals surface area contributed by atoms with Crippen LogP contribution in [0.2, 0.25) is 5.02 Å². The number of nitrogens with zero attached hydrogens (tertiary/aromatic N) is 1. The van der Waals surface area contributed by atoms with Crippen molar-refractivity contribution in [1.82, 2.24) is 4.90 Å². The second kappa shape index (κ2) is 6.10. The Morgan fingerprint density at radius 2 is 2.00 bits per heavy atom. The number of anilines is 1. The molecule has 0 bridgehead atoms. The predicted octanol–water partition coefficient (Wildman–Crippen LogP) is 3.21. The number of nitrogens with two attached hydrogens (primary N) is 1. The molecule has 0 atom stereocenters. The van der Waals surface area contributed by atoms with Crippen LogP contribution in [0.1, 0.15) is 37.7 Å². The van der Waals surface area contributed by atoms with E-state index in [0.717, 1.165) is 24.9 Å². The number of halogens is 1. The van der Waals surface area contributed by atoms with Crippen LogP contribution in [0.25, 0.3) is 0 Å². The standard InChI is InChI=1S/C14H19ClN2O/c15-13-9-12(16)7-6-11(13)10-17-8-4-2-1-3-5-14(17)18/h6-7,9H,1-5,8,10,16H2. The van der Waals surface area contributed by atoms with E-state index in [1.165, 1.54) is 12.8 Å². The van der Waals surface area contributed by atoms with E-state index in [-0.39, 0.29) is 5.91 Å². The van der Waals surface area contributed by atoms with E-state index in [0.29, 0.717) is 23.7 Å².